The van der Waals surface area contributed by atoms with E-state index in [1.165, 1.54) is 11.1 Å². The lowest BCUT2D eigenvalue weighted by Crippen LogP contribution is -2.39. The van der Waals surface area contributed by atoms with Gasteiger partial charge in [0.15, 0.2) is 0 Å². The van der Waals surface area contributed by atoms with Crippen molar-refractivity contribution in [2.75, 3.05) is 7.11 Å². The summed E-state index contributed by atoms with van der Waals surface area (Å²) < 4.78 is 7.59. The van der Waals surface area contributed by atoms with Crippen molar-refractivity contribution in [1.82, 2.24) is 9.62 Å². The normalized spacial score (nSPS) is 20.0. The SMILES string of the molecule is COc1cccc(SN2Cc3ccc(C4CCC(=O)NC4=O)cc3C2)c1. The fourth-order valence-corrected chi connectivity index (χ4v) is 4.50. The highest BCUT2D eigenvalue weighted by Crippen LogP contribution is 2.36. The molecule has 0 bridgehead atoms. The number of carbonyl (C=O) groups excluding carboxylic acids is 2. The summed E-state index contributed by atoms with van der Waals surface area (Å²) in [5.74, 6) is 0.278. The molecular formula is C20H20N2O3S. The van der Waals surface area contributed by atoms with E-state index in [-0.39, 0.29) is 17.7 Å². The lowest BCUT2D eigenvalue weighted by Gasteiger charge is -2.21. The summed E-state index contributed by atoms with van der Waals surface area (Å²) in [5, 5.41) is 2.44. The molecule has 2 aromatic carbocycles. The number of imide groups is 1. The molecule has 2 aliphatic heterocycles. The van der Waals surface area contributed by atoms with E-state index in [0.29, 0.717) is 12.8 Å². The van der Waals surface area contributed by atoms with Crippen LogP contribution in [0.15, 0.2) is 47.4 Å². The zero-order chi connectivity index (χ0) is 18.1. The molecule has 0 aromatic heterocycles. The van der Waals surface area contributed by atoms with Gasteiger partial charge < -0.3 is 4.74 Å². The smallest absolute Gasteiger partial charge is 0.234 e. The summed E-state index contributed by atoms with van der Waals surface area (Å²) in [7, 11) is 1.67. The molecular weight excluding hydrogens is 348 g/mol. The average Bonchev–Trinajstić information content (AvgIpc) is 3.03. The number of rotatable bonds is 4. The van der Waals surface area contributed by atoms with E-state index in [4.69, 9.17) is 4.74 Å². The van der Waals surface area contributed by atoms with E-state index < -0.39 is 0 Å². The standard InChI is InChI=1S/C20H20N2O3S/c1-25-16-3-2-4-17(10-16)26-22-11-14-6-5-13(9-15(14)12-22)18-7-8-19(23)21-20(18)24/h2-6,9-10,18H,7-8,11-12H2,1H3,(H,21,23,24). The molecule has 1 N–H and O–H groups in total. The topological polar surface area (TPSA) is 58.6 Å². The van der Waals surface area contributed by atoms with Crippen LogP contribution in [0, 0.1) is 0 Å². The van der Waals surface area contributed by atoms with E-state index in [1.807, 2.05) is 24.3 Å². The molecule has 0 saturated carbocycles. The van der Waals surface area contributed by atoms with Gasteiger partial charge in [0.2, 0.25) is 11.8 Å². The van der Waals surface area contributed by atoms with Gasteiger partial charge in [0.25, 0.3) is 0 Å². The number of carbonyl (C=O) groups is 2. The minimum absolute atomic E-state index is 0.173. The van der Waals surface area contributed by atoms with E-state index in [9.17, 15) is 9.59 Å². The molecule has 2 heterocycles. The van der Waals surface area contributed by atoms with Gasteiger partial charge in [0.05, 0.1) is 13.0 Å². The van der Waals surface area contributed by atoms with E-state index >= 15 is 0 Å². The van der Waals surface area contributed by atoms with Crippen molar-refractivity contribution in [3.05, 3.63) is 59.2 Å². The van der Waals surface area contributed by atoms with Gasteiger partial charge in [-0.25, -0.2) is 4.31 Å². The number of amides is 2. The predicted octanol–water partition coefficient (Wildman–Crippen LogP) is 3.24. The second-order valence-electron chi connectivity index (χ2n) is 6.60. The summed E-state index contributed by atoms with van der Waals surface area (Å²) in [4.78, 5) is 24.6. The first kappa shape index (κ1) is 17.1. The summed E-state index contributed by atoms with van der Waals surface area (Å²) >= 11 is 1.71. The number of hydrogen-bond acceptors (Lipinski definition) is 5. The van der Waals surface area contributed by atoms with Crippen LogP contribution >= 0.6 is 11.9 Å². The Bertz CT molecular complexity index is 868. The maximum absolute atomic E-state index is 12.1. The Morgan fingerprint density at radius 3 is 2.77 bits per heavy atom. The van der Waals surface area contributed by atoms with Gasteiger partial charge in [-0.15, -0.1) is 0 Å². The summed E-state index contributed by atoms with van der Waals surface area (Å²) in [6.07, 6.45) is 0.997. The third-order valence-electron chi connectivity index (χ3n) is 4.84. The van der Waals surface area contributed by atoms with Crippen LogP contribution in [0.2, 0.25) is 0 Å². The Hall–Kier alpha value is -2.31. The van der Waals surface area contributed by atoms with Gasteiger partial charge in [-0.2, -0.15) is 0 Å². The Kier molecular flexibility index (Phi) is 4.70. The number of ether oxygens (including phenoxy) is 1. The van der Waals surface area contributed by atoms with E-state index in [0.717, 1.165) is 29.3 Å². The zero-order valence-corrected chi connectivity index (χ0v) is 15.3. The lowest BCUT2D eigenvalue weighted by molar-refractivity contribution is -0.134. The fraction of sp³-hybridized carbons (Fsp3) is 0.300. The van der Waals surface area contributed by atoms with Crippen LogP contribution < -0.4 is 10.1 Å². The van der Waals surface area contributed by atoms with Crippen LogP contribution in [-0.2, 0) is 22.7 Å². The first-order valence-corrected chi connectivity index (χ1v) is 9.42. The van der Waals surface area contributed by atoms with Crippen LogP contribution in [0.1, 0.15) is 35.4 Å². The number of nitrogens with zero attached hydrogens (tertiary/aromatic N) is 1. The molecule has 0 radical (unpaired) electrons. The number of nitrogens with one attached hydrogen (secondary N) is 1. The molecule has 4 rings (SSSR count). The minimum atomic E-state index is -0.224. The molecule has 2 aliphatic rings. The van der Waals surface area contributed by atoms with Crippen LogP contribution in [0.5, 0.6) is 5.75 Å². The third kappa shape index (κ3) is 3.48. The monoisotopic (exact) mass is 368 g/mol. The van der Waals surface area contributed by atoms with Crippen molar-refractivity contribution in [3.8, 4) is 5.75 Å². The van der Waals surface area contributed by atoms with Crippen molar-refractivity contribution in [3.63, 3.8) is 0 Å². The Labute approximate surface area is 156 Å². The summed E-state index contributed by atoms with van der Waals surface area (Å²) in [5.41, 5.74) is 3.54. The zero-order valence-electron chi connectivity index (χ0n) is 14.5. The van der Waals surface area contributed by atoms with Crippen LogP contribution in [0.4, 0.5) is 0 Å². The largest absolute Gasteiger partial charge is 0.497 e. The third-order valence-corrected chi connectivity index (χ3v) is 5.82. The van der Waals surface area contributed by atoms with Crippen molar-refractivity contribution >= 4 is 23.8 Å². The highest BCUT2D eigenvalue weighted by Gasteiger charge is 2.29. The lowest BCUT2D eigenvalue weighted by atomic mass is 9.89. The van der Waals surface area contributed by atoms with E-state index in [1.54, 1.807) is 19.1 Å². The molecule has 1 saturated heterocycles. The molecule has 2 amide bonds. The second kappa shape index (κ2) is 7.13. The van der Waals surface area contributed by atoms with Crippen molar-refractivity contribution < 1.29 is 14.3 Å². The number of fused-ring (bicyclic) bond motifs is 1. The van der Waals surface area contributed by atoms with Crippen molar-refractivity contribution in [2.24, 2.45) is 0 Å². The Balaban J connectivity index is 1.47. The van der Waals surface area contributed by atoms with Crippen LogP contribution in [0.3, 0.4) is 0 Å². The van der Waals surface area contributed by atoms with Crippen molar-refractivity contribution in [2.45, 2.75) is 36.7 Å². The van der Waals surface area contributed by atoms with Crippen molar-refractivity contribution in [1.29, 1.82) is 0 Å². The summed E-state index contributed by atoms with van der Waals surface area (Å²) in [6, 6.07) is 14.3. The number of hydrogen-bond donors (Lipinski definition) is 1. The highest BCUT2D eigenvalue weighted by molar-refractivity contribution is 7.97. The van der Waals surface area contributed by atoms with Gasteiger partial charge >= 0.3 is 0 Å². The quantitative estimate of drug-likeness (QED) is 0.663. The maximum Gasteiger partial charge on any atom is 0.234 e. The molecule has 1 unspecified atom stereocenters. The van der Waals surface area contributed by atoms with Crippen LogP contribution in [0.25, 0.3) is 0 Å². The number of methoxy groups -OCH3 is 1. The van der Waals surface area contributed by atoms with E-state index in [2.05, 4.69) is 27.8 Å². The molecule has 0 spiro atoms. The molecule has 1 fully saturated rings. The van der Waals surface area contributed by atoms with Gasteiger partial charge in [-0.3, -0.25) is 14.9 Å². The number of piperidine rings is 1. The maximum atomic E-state index is 12.1. The van der Waals surface area contributed by atoms with Gasteiger partial charge in [-0.1, -0.05) is 24.3 Å². The molecule has 2 aromatic rings. The second-order valence-corrected chi connectivity index (χ2v) is 7.77. The fourth-order valence-electron chi connectivity index (χ4n) is 3.48. The molecule has 0 aliphatic carbocycles. The minimum Gasteiger partial charge on any atom is -0.497 e. The molecule has 26 heavy (non-hydrogen) atoms. The molecule has 134 valence electrons. The molecule has 5 nitrogen and oxygen atoms in total. The predicted molar refractivity (Wildman–Crippen MR) is 99.7 cm³/mol. The highest BCUT2D eigenvalue weighted by atomic mass is 32.2. The van der Waals surface area contributed by atoms with Crippen LogP contribution in [-0.4, -0.2) is 23.2 Å². The van der Waals surface area contributed by atoms with Gasteiger partial charge in [-0.05, 0) is 53.3 Å². The molecule has 6 heteroatoms. The summed E-state index contributed by atoms with van der Waals surface area (Å²) in [6.45, 7) is 1.70. The van der Waals surface area contributed by atoms with Gasteiger partial charge in [0.1, 0.15) is 5.75 Å². The average molecular weight is 368 g/mol. The Morgan fingerprint density at radius 2 is 1.96 bits per heavy atom. The first-order valence-electron chi connectivity index (χ1n) is 8.65. The molecule has 1 atom stereocenters. The van der Waals surface area contributed by atoms with Gasteiger partial charge in [0, 0.05) is 24.4 Å². The number of benzene rings is 2. The first-order chi connectivity index (χ1) is 12.6. The Morgan fingerprint density at radius 1 is 1.12 bits per heavy atom.